The molecule has 0 aliphatic heterocycles. The Morgan fingerprint density at radius 1 is 1.43 bits per heavy atom. The van der Waals surface area contributed by atoms with Crippen LogP contribution in [0.3, 0.4) is 0 Å². The molecule has 2 atom stereocenters. The summed E-state index contributed by atoms with van der Waals surface area (Å²) in [7, 11) is 0. The van der Waals surface area contributed by atoms with Crippen LogP contribution in [0.4, 0.5) is 13.2 Å². The van der Waals surface area contributed by atoms with E-state index < -0.39 is 18.3 Å². The van der Waals surface area contributed by atoms with Crippen molar-refractivity contribution in [3.8, 4) is 0 Å². The highest BCUT2D eigenvalue weighted by Crippen LogP contribution is 2.35. The molecule has 2 N–H and O–H groups in total. The smallest absolute Gasteiger partial charge is 0.326 e. The zero-order chi connectivity index (χ0) is 10.9. The Morgan fingerprint density at radius 3 is 2.14 bits per heavy atom. The van der Waals surface area contributed by atoms with E-state index in [1.54, 1.807) is 6.92 Å². The minimum absolute atomic E-state index is 0.0950. The predicted octanol–water partition coefficient (Wildman–Crippen LogP) is 1.75. The van der Waals surface area contributed by atoms with E-state index in [0.29, 0.717) is 6.54 Å². The van der Waals surface area contributed by atoms with Crippen molar-refractivity contribution < 1.29 is 13.2 Å². The maximum Gasteiger partial charge on any atom is 0.405 e. The molecule has 1 aliphatic rings. The molecule has 0 amide bonds. The minimum Gasteiger partial charge on any atom is -0.326 e. The monoisotopic (exact) mass is 210 g/mol. The fourth-order valence-electron chi connectivity index (χ4n) is 1.88. The molecule has 0 spiro atoms. The van der Waals surface area contributed by atoms with E-state index in [1.165, 1.54) is 11.8 Å². The van der Waals surface area contributed by atoms with E-state index in [-0.39, 0.29) is 6.04 Å². The Balaban J connectivity index is 2.74. The number of alkyl halides is 3. The summed E-state index contributed by atoms with van der Waals surface area (Å²) >= 11 is 0. The molecular weight excluding hydrogens is 193 g/mol. The van der Waals surface area contributed by atoms with Crippen LogP contribution >= 0.6 is 0 Å². The van der Waals surface area contributed by atoms with Crippen molar-refractivity contribution in [2.24, 2.45) is 5.73 Å². The SMILES string of the molecule is CCN(C1CC1)C(C(C)N)C(F)(F)F. The summed E-state index contributed by atoms with van der Waals surface area (Å²) in [6, 6.07) is -2.26. The van der Waals surface area contributed by atoms with E-state index in [2.05, 4.69) is 0 Å². The van der Waals surface area contributed by atoms with E-state index in [0.717, 1.165) is 12.8 Å². The van der Waals surface area contributed by atoms with Crippen LogP contribution < -0.4 is 5.73 Å². The molecule has 1 aliphatic carbocycles. The van der Waals surface area contributed by atoms with Gasteiger partial charge >= 0.3 is 6.18 Å². The second-order valence-electron chi connectivity index (χ2n) is 3.91. The molecule has 0 aromatic carbocycles. The molecule has 0 radical (unpaired) electrons. The van der Waals surface area contributed by atoms with Gasteiger partial charge in [-0.15, -0.1) is 0 Å². The molecule has 0 saturated heterocycles. The molecule has 5 heteroatoms. The van der Waals surface area contributed by atoms with Crippen LogP contribution in [-0.4, -0.2) is 35.7 Å². The van der Waals surface area contributed by atoms with Gasteiger partial charge in [0.05, 0.1) is 0 Å². The van der Waals surface area contributed by atoms with Gasteiger partial charge in [-0.1, -0.05) is 6.92 Å². The third kappa shape index (κ3) is 2.60. The quantitative estimate of drug-likeness (QED) is 0.766. The van der Waals surface area contributed by atoms with Crippen LogP contribution in [0.1, 0.15) is 26.7 Å². The summed E-state index contributed by atoms with van der Waals surface area (Å²) < 4.78 is 38.0. The van der Waals surface area contributed by atoms with Crippen molar-refractivity contribution in [2.45, 2.75) is 51.0 Å². The third-order valence-electron chi connectivity index (χ3n) is 2.57. The lowest BCUT2D eigenvalue weighted by molar-refractivity contribution is -0.189. The fourth-order valence-corrected chi connectivity index (χ4v) is 1.88. The van der Waals surface area contributed by atoms with Gasteiger partial charge in [0.2, 0.25) is 0 Å². The molecule has 1 saturated carbocycles. The number of hydrogen-bond acceptors (Lipinski definition) is 2. The predicted molar refractivity (Wildman–Crippen MR) is 48.9 cm³/mol. The van der Waals surface area contributed by atoms with Crippen LogP contribution in [0.15, 0.2) is 0 Å². The van der Waals surface area contributed by atoms with Gasteiger partial charge in [-0.25, -0.2) is 0 Å². The number of halogens is 3. The molecule has 1 rings (SSSR count). The first-order valence-corrected chi connectivity index (χ1v) is 4.96. The van der Waals surface area contributed by atoms with Gasteiger partial charge in [-0.2, -0.15) is 13.2 Å². The molecule has 0 aromatic heterocycles. The lowest BCUT2D eigenvalue weighted by Gasteiger charge is -2.34. The zero-order valence-corrected chi connectivity index (χ0v) is 8.51. The highest BCUT2D eigenvalue weighted by Gasteiger charge is 2.49. The molecule has 0 aromatic rings. The van der Waals surface area contributed by atoms with Crippen molar-refractivity contribution in [3.05, 3.63) is 0 Å². The molecule has 84 valence electrons. The van der Waals surface area contributed by atoms with Crippen LogP contribution in [0.2, 0.25) is 0 Å². The molecule has 0 bridgehead atoms. The Bertz CT molecular complexity index is 187. The Labute approximate surface area is 82.2 Å². The van der Waals surface area contributed by atoms with Gasteiger partial charge in [0.1, 0.15) is 6.04 Å². The first kappa shape index (κ1) is 11.8. The summed E-state index contributed by atoms with van der Waals surface area (Å²) in [6.45, 7) is 3.58. The van der Waals surface area contributed by atoms with Gasteiger partial charge in [0.25, 0.3) is 0 Å². The fraction of sp³-hybridized carbons (Fsp3) is 1.00. The van der Waals surface area contributed by atoms with Crippen molar-refractivity contribution in [1.82, 2.24) is 4.90 Å². The Morgan fingerprint density at radius 2 is 1.93 bits per heavy atom. The van der Waals surface area contributed by atoms with Crippen LogP contribution in [0.25, 0.3) is 0 Å². The van der Waals surface area contributed by atoms with Crippen molar-refractivity contribution in [3.63, 3.8) is 0 Å². The number of hydrogen-bond donors (Lipinski definition) is 1. The van der Waals surface area contributed by atoms with Crippen molar-refractivity contribution in [1.29, 1.82) is 0 Å². The lowest BCUT2D eigenvalue weighted by atomic mass is 10.1. The maximum atomic E-state index is 12.7. The maximum absolute atomic E-state index is 12.7. The largest absolute Gasteiger partial charge is 0.405 e. The van der Waals surface area contributed by atoms with E-state index in [9.17, 15) is 13.2 Å². The van der Waals surface area contributed by atoms with Gasteiger partial charge in [0, 0.05) is 12.1 Å². The number of nitrogens with two attached hydrogens (primary N) is 1. The molecule has 2 unspecified atom stereocenters. The normalized spacial score (nSPS) is 22.5. The summed E-state index contributed by atoms with van der Waals surface area (Å²) in [6.07, 6.45) is -2.48. The molecule has 14 heavy (non-hydrogen) atoms. The summed E-state index contributed by atoms with van der Waals surface area (Å²) in [4.78, 5) is 1.48. The zero-order valence-electron chi connectivity index (χ0n) is 8.51. The Hall–Kier alpha value is -0.290. The number of nitrogens with zero attached hydrogens (tertiary/aromatic N) is 1. The summed E-state index contributed by atoms with van der Waals surface area (Å²) in [5.74, 6) is 0. The average molecular weight is 210 g/mol. The second-order valence-corrected chi connectivity index (χ2v) is 3.91. The highest BCUT2D eigenvalue weighted by molar-refractivity contribution is 4.94. The number of likely N-dealkylation sites (N-methyl/N-ethyl adjacent to an activating group) is 1. The molecule has 0 heterocycles. The third-order valence-corrected chi connectivity index (χ3v) is 2.57. The standard InChI is InChI=1S/C9H17F3N2/c1-3-14(7-4-5-7)8(6(2)13)9(10,11)12/h6-8H,3-5,13H2,1-2H3. The van der Waals surface area contributed by atoms with Crippen LogP contribution in [0.5, 0.6) is 0 Å². The second kappa shape index (κ2) is 4.06. The first-order valence-electron chi connectivity index (χ1n) is 4.96. The molecule has 2 nitrogen and oxygen atoms in total. The average Bonchev–Trinajstić information content (AvgIpc) is 2.78. The van der Waals surface area contributed by atoms with Crippen molar-refractivity contribution >= 4 is 0 Å². The van der Waals surface area contributed by atoms with Gasteiger partial charge < -0.3 is 5.73 Å². The van der Waals surface area contributed by atoms with Gasteiger partial charge in [0.15, 0.2) is 0 Å². The van der Waals surface area contributed by atoms with Crippen molar-refractivity contribution in [2.75, 3.05) is 6.54 Å². The summed E-state index contributed by atoms with van der Waals surface area (Å²) in [5, 5.41) is 0. The summed E-state index contributed by atoms with van der Waals surface area (Å²) in [5.41, 5.74) is 5.40. The minimum atomic E-state index is -4.22. The van der Waals surface area contributed by atoms with Crippen LogP contribution in [0, 0.1) is 0 Å². The van der Waals surface area contributed by atoms with Crippen LogP contribution in [-0.2, 0) is 0 Å². The number of rotatable bonds is 4. The first-order chi connectivity index (χ1) is 6.38. The molecule has 1 fully saturated rings. The molecular formula is C9H17F3N2. The topological polar surface area (TPSA) is 29.3 Å². The highest BCUT2D eigenvalue weighted by atomic mass is 19.4. The van der Waals surface area contributed by atoms with E-state index in [1.807, 2.05) is 0 Å². The van der Waals surface area contributed by atoms with Gasteiger partial charge in [-0.05, 0) is 26.3 Å². The van der Waals surface area contributed by atoms with E-state index in [4.69, 9.17) is 5.73 Å². The van der Waals surface area contributed by atoms with Gasteiger partial charge in [-0.3, -0.25) is 4.90 Å². The van der Waals surface area contributed by atoms with E-state index >= 15 is 0 Å². The Kier molecular flexibility index (Phi) is 3.42. The lowest BCUT2D eigenvalue weighted by Crippen LogP contribution is -2.55.